The van der Waals surface area contributed by atoms with Crippen LogP contribution in [-0.4, -0.2) is 4.57 Å². The van der Waals surface area contributed by atoms with Crippen LogP contribution in [0.4, 0.5) is 17.1 Å². The van der Waals surface area contributed by atoms with Gasteiger partial charge in [0.2, 0.25) is 0 Å². The second-order valence-corrected chi connectivity index (χ2v) is 14.2. The van der Waals surface area contributed by atoms with Gasteiger partial charge in [0.1, 0.15) is 0 Å². The van der Waals surface area contributed by atoms with Gasteiger partial charge in [0, 0.05) is 28.5 Å². The zero-order valence-corrected chi connectivity index (χ0v) is 29.0. The van der Waals surface area contributed by atoms with Gasteiger partial charge in [0.25, 0.3) is 0 Å². The van der Waals surface area contributed by atoms with Crippen LogP contribution >= 0.6 is 0 Å². The summed E-state index contributed by atoms with van der Waals surface area (Å²) in [5, 5.41) is 3.82. The van der Waals surface area contributed by atoms with E-state index in [9.17, 15) is 0 Å². The van der Waals surface area contributed by atoms with E-state index in [0.29, 0.717) is 0 Å². The molecule has 53 heavy (non-hydrogen) atoms. The van der Waals surface area contributed by atoms with Gasteiger partial charge >= 0.3 is 0 Å². The van der Waals surface area contributed by atoms with Gasteiger partial charge in [-0.15, -0.1) is 0 Å². The van der Waals surface area contributed by atoms with Gasteiger partial charge in [-0.25, -0.2) is 0 Å². The highest BCUT2D eigenvalue weighted by atomic mass is 16.5. The molecule has 0 amide bonds. The highest BCUT2D eigenvalue weighted by Crippen LogP contribution is 2.50. The molecule has 0 fully saturated rings. The SMILES string of the molecule is c1ccc(-c2cn(-c3ccccc3)c3ccc(-c4ccc5cc6c(cc5c4)Cc4ccc(N5c7ccccc7Oc7ccccc75)cc4C6)cc23)cc1. The van der Waals surface area contributed by atoms with Crippen LogP contribution < -0.4 is 9.64 Å². The zero-order valence-electron chi connectivity index (χ0n) is 29.0. The van der Waals surface area contributed by atoms with E-state index >= 15 is 0 Å². The Morgan fingerprint density at radius 3 is 1.81 bits per heavy atom. The Bertz CT molecular complexity index is 2820. The van der Waals surface area contributed by atoms with Gasteiger partial charge in [0.05, 0.1) is 16.9 Å². The predicted molar refractivity (Wildman–Crippen MR) is 218 cm³/mol. The molecule has 250 valence electrons. The number of ether oxygens (including phenoxy) is 1. The molecule has 9 aromatic rings. The molecule has 0 spiro atoms. The zero-order chi connectivity index (χ0) is 34.9. The molecule has 0 atom stereocenters. The quantitative estimate of drug-likeness (QED) is 0.184. The van der Waals surface area contributed by atoms with Crippen molar-refractivity contribution in [3.8, 4) is 39.4 Å². The molecule has 1 aliphatic carbocycles. The molecule has 8 aromatic carbocycles. The maximum Gasteiger partial charge on any atom is 0.151 e. The second kappa shape index (κ2) is 11.9. The standard InChI is InChI=1S/C50H34N2O/c1-3-11-33(12-4-1)45-32-51(42-13-5-2-6-14-42)46-24-22-37(31-44(45)46)34-19-20-35-26-40-29-41-30-43(23-21-36(41)27-39(40)28-38(35)25-34)52-47-15-7-9-17-49(47)53-50-18-10-8-16-48(50)52/h1-26,28,30-32H,27,29H2. The van der Waals surface area contributed by atoms with Crippen molar-refractivity contribution in [2.24, 2.45) is 0 Å². The van der Waals surface area contributed by atoms with E-state index in [1.807, 2.05) is 24.3 Å². The number of anilines is 3. The summed E-state index contributed by atoms with van der Waals surface area (Å²) in [6.45, 7) is 0. The number of hydrogen-bond donors (Lipinski definition) is 0. The summed E-state index contributed by atoms with van der Waals surface area (Å²) in [5.74, 6) is 1.75. The molecular weight excluding hydrogens is 645 g/mol. The summed E-state index contributed by atoms with van der Waals surface area (Å²) < 4.78 is 8.60. The lowest BCUT2D eigenvalue weighted by atomic mass is 9.84. The van der Waals surface area contributed by atoms with E-state index < -0.39 is 0 Å². The van der Waals surface area contributed by atoms with Crippen LogP contribution in [0.3, 0.4) is 0 Å². The molecular formula is C50H34N2O. The van der Waals surface area contributed by atoms with E-state index in [4.69, 9.17) is 4.74 Å². The lowest BCUT2D eigenvalue weighted by Gasteiger charge is -2.33. The summed E-state index contributed by atoms with van der Waals surface area (Å²) in [7, 11) is 0. The summed E-state index contributed by atoms with van der Waals surface area (Å²) in [6, 6.07) is 63.7. The Morgan fingerprint density at radius 1 is 0.415 bits per heavy atom. The van der Waals surface area contributed by atoms with E-state index in [1.165, 1.54) is 66.2 Å². The van der Waals surface area contributed by atoms with E-state index in [2.05, 4.69) is 167 Å². The first-order chi connectivity index (χ1) is 26.2. The molecule has 11 rings (SSSR count). The Labute approximate surface area is 308 Å². The summed E-state index contributed by atoms with van der Waals surface area (Å²) >= 11 is 0. The van der Waals surface area contributed by atoms with Crippen molar-refractivity contribution in [1.29, 1.82) is 0 Å². The van der Waals surface area contributed by atoms with Crippen LogP contribution in [-0.2, 0) is 12.8 Å². The van der Waals surface area contributed by atoms with Crippen LogP contribution in [0.5, 0.6) is 11.5 Å². The lowest BCUT2D eigenvalue weighted by Crippen LogP contribution is -2.16. The van der Waals surface area contributed by atoms with Crippen molar-refractivity contribution in [2.75, 3.05) is 4.90 Å². The fourth-order valence-electron chi connectivity index (χ4n) is 8.44. The number of nitrogens with zero attached hydrogens (tertiary/aromatic N) is 2. The Balaban J connectivity index is 0.951. The largest absolute Gasteiger partial charge is 0.453 e. The minimum Gasteiger partial charge on any atom is -0.453 e. The molecule has 0 bridgehead atoms. The minimum absolute atomic E-state index is 0.877. The van der Waals surface area contributed by atoms with E-state index in [1.54, 1.807) is 0 Å². The molecule has 0 N–H and O–H groups in total. The molecule has 1 aromatic heterocycles. The average molecular weight is 679 g/mol. The maximum atomic E-state index is 6.28. The molecule has 3 nitrogen and oxygen atoms in total. The maximum absolute atomic E-state index is 6.28. The molecule has 2 heterocycles. The number of benzene rings is 8. The number of aromatic nitrogens is 1. The summed E-state index contributed by atoms with van der Waals surface area (Å²) in [5.41, 5.74) is 16.2. The Morgan fingerprint density at radius 2 is 1.04 bits per heavy atom. The normalized spacial score (nSPS) is 12.9. The van der Waals surface area contributed by atoms with Gasteiger partial charge in [0.15, 0.2) is 11.5 Å². The topological polar surface area (TPSA) is 17.4 Å². The minimum atomic E-state index is 0.877. The van der Waals surface area contributed by atoms with Crippen molar-refractivity contribution in [1.82, 2.24) is 4.57 Å². The fraction of sp³-hybridized carbons (Fsp3) is 0.0400. The second-order valence-electron chi connectivity index (χ2n) is 14.2. The number of para-hydroxylation sites is 5. The van der Waals surface area contributed by atoms with Crippen molar-refractivity contribution >= 4 is 38.7 Å². The van der Waals surface area contributed by atoms with Crippen LogP contribution in [0.1, 0.15) is 22.3 Å². The first-order valence-electron chi connectivity index (χ1n) is 18.3. The van der Waals surface area contributed by atoms with Crippen LogP contribution in [0.15, 0.2) is 182 Å². The Hall–Kier alpha value is -6.84. The molecule has 0 saturated carbocycles. The monoisotopic (exact) mass is 678 g/mol. The number of rotatable bonds is 4. The third-order valence-electron chi connectivity index (χ3n) is 11.1. The highest BCUT2D eigenvalue weighted by Gasteiger charge is 2.26. The molecule has 0 radical (unpaired) electrons. The van der Waals surface area contributed by atoms with Gasteiger partial charge in [-0.1, -0.05) is 109 Å². The van der Waals surface area contributed by atoms with Crippen LogP contribution in [0, 0.1) is 0 Å². The van der Waals surface area contributed by atoms with Gasteiger partial charge in [-0.05, 0) is 129 Å². The number of hydrogen-bond acceptors (Lipinski definition) is 2. The molecule has 0 unspecified atom stereocenters. The molecule has 1 aliphatic heterocycles. The molecule has 3 heteroatoms. The van der Waals surface area contributed by atoms with Crippen molar-refractivity contribution in [3.05, 3.63) is 204 Å². The van der Waals surface area contributed by atoms with E-state index in [-0.39, 0.29) is 0 Å². The van der Waals surface area contributed by atoms with Gasteiger partial charge in [-0.2, -0.15) is 0 Å². The van der Waals surface area contributed by atoms with Crippen LogP contribution in [0.2, 0.25) is 0 Å². The molecule has 2 aliphatic rings. The third-order valence-corrected chi connectivity index (χ3v) is 11.1. The number of fused-ring (bicyclic) bond motifs is 6. The summed E-state index contributed by atoms with van der Waals surface area (Å²) in [4.78, 5) is 2.34. The van der Waals surface area contributed by atoms with Crippen molar-refractivity contribution in [2.45, 2.75) is 12.8 Å². The average Bonchev–Trinajstić information content (AvgIpc) is 3.60. The highest BCUT2D eigenvalue weighted by molar-refractivity contribution is 6.00. The summed E-state index contributed by atoms with van der Waals surface area (Å²) in [6.07, 6.45) is 4.13. The van der Waals surface area contributed by atoms with Crippen molar-refractivity contribution in [3.63, 3.8) is 0 Å². The lowest BCUT2D eigenvalue weighted by molar-refractivity contribution is 0.477. The van der Waals surface area contributed by atoms with Gasteiger partial charge < -0.3 is 14.2 Å². The fourth-order valence-corrected chi connectivity index (χ4v) is 8.44. The van der Waals surface area contributed by atoms with Crippen molar-refractivity contribution < 1.29 is 4.74 Å². The first kappa shape index (κ1) is 29.8. The Kier molecular flexibility index (Phi) is 6.68. The predicted octanol–water partition coefficient (Wildman–Crippen LogP) is 13.2. The third kappa shape index (κ3) is 4.97. The first-order valence-corrected chi connectivity index (χ1v) is 18.3. The van der Waals surface area contributed by atoms with Gasteiger partial charge in [-0.3, -0.25) is 0 Å². The van der Waals surface area contributed by atoms with E-state index in [0.717, 1.165) is 47.1 Å². The molecule has 0 saturated heterocycles. The smallest absolute Gasteiger partial charge is 0.151 e. The van der Waals surface area contributed by atoms with Crippen LogP contribution in [0.25, 0.3) is 49.6 Å².